The fourth-order valence-electron chi connectivity index (χ4n) is 2.17. The molecule has 0 N–H and O–H groups in total. The first kappa shape index (κ1) is 18.1. The van der Waals surface area contributed by atoms with Crippen LogP contribution < -0.4 is 0 Å². The summed E-state index contributed by atoms with van der Waals surface area (Å²) < 4.78 is 15.9. The lowest BCUT2D eigenvalue weighted by molar-refractivity contribution is 0.0222. The van der Waals surface area contributed by atoms with Crippen LogP contribution in [0.4, 0.5) is 0 Å². The first-order chi connectivity index (χ1) is 10.1. The number of benzene rings is 1. The minimum absolute atomic E-state index is 0.414. The molecule has 0 aliphatic heterocycles. The molecule has 0 aliphatic carbocycles. The van der Waals surface area contributed by atoms with Crippen molar-refractivity contribution in [2.45, 2.75) is 33.1 Å². The number of ether oxygens (including phenoxy) is 3. The van der Waals surface area contributed by atoms with Crippen LogP contribution in [0.2, 0.25) is 0 Å². The number of hydrogen-bond acceptors (Lipinski definition) is 3. The largest absolute Gasteiger partial charge is 0.382 e. The summed E-state index contributed by atoms with van der Waals surface area (Å²) in [5, 5.41) is 0. The lowest BCUT2D eigenvalue weighted by atomic mass is 9.97. The number of methoxy groups -OCH3 is 1. The van der Waals surface area contributed by atoms with Gasteiger partial charge in [-0.1, -0.05) is 45.0 Å². The highest BCUT2D eigenvalue weighted by Gasteiger charge is 2.06. The highest BCUT2D eigenvalue weighted by atomic mass is 16.5. The van der Waals surface area contributed by atoms with Crippen LogP contribution in [0.5, 0.6) is 0 Å². The molecule has 3 heteroatoms. The standard InChI is InChI=1S/C18H30O3/c1-15(2)13-17-5-7-18(8-6-17)16(3)14-21-12-11-20-10-9-19-4/h5-8,15-16H,9-14H2,1-4H3/t16-/m0/s1. The molecule has 0 fully saturated rings. The zero-order chi connectivity index (χ0) is 15.5. The van der Waals surface area contributed by atoms with E-state index in [1.165, 1.54) is 11.1 Å². The third-order valence-electron chi connectivity index (χ3n) is 3.36. The molecule has 1 aromatic rings. The van der Waals surface area contributed by atoms with Crippen LogP contribution in [0.1, 0.15) is 37.8 Å². The van der Waals surface area contributed by atoms with Crippen molar-refractivity contribution in [3.05, 3.63) is 35.4 Å². The summed E-state index contributed by atoms with van der Waals surface area (Å²) in [6.07, 6.45) is 1.14. The molecule has 0 radical (unpaired) electrons. The van der Waals surface area contributed by atoms with Crippen molar-refractivity contribution in [1.82, 2.24) is 0 Å². The van der Waals surface area contributed by atoms with Crippen molar-refractivity contribution in [2.24, 2.45) is 5.92 Å². The summed E-state index contributed by atoms with van der Waals surface area (Å²) in [6, 6.07) is 8.92. The third kappa shape index (κ3) is 8.20. The van der Waals surface area contributed by atoms with Crippen molar-refractivity contribution in [1.29, 1.82) is 0 Å². The van der Waals surface area contributed by atoms with E-state index in [-0.39, 0.29) is 0 Å². The molecule has 0 saturated carbocycles. The van der Waals surface area contributed by atoms with Crippen molar-refractivity contribution < 1.29 is 14.2 Å². The van der Waals surface area contributed by atoms with Crippen molar-refractivity contribution in [3.63, 3.8) is 0 Å². The van der Waals surface area contributed by atoms with Gasteiger partial charge in [-0.3, -0.25) is 0 Å². The Labute approximate surface area is 129 Å². The molecule has 0 bridgehead atoms. The summed E-state index contributed by atoms with van der Waals surface area (Å²) in [7, 11) is 1.67. The molecular formula is C18H30O3. The molecule has 0 saturated heterocycles. The highest BCUT2D eigenvalue weighted by Crippen LogP contribution is 2.17. The van der Waals surface area contributed by atoms with Gasteiger partial charge >= 0.3 is 0 Å². The van der Waals surface area contributed by atoms with Gasteiger partial charge in [0.1, 0.15) is 0 Å². The fraction of sp³-hybridized carbons (Fsp3) is 0.667. The topological polar surface area (TPSA) is 27.7 Å². The van der Waals surface area contributed by atoms with E-state index in [0.717, 1.165) is 13.0 Å². The van der Waals surface area contributed by atoms with E-state index in [1.807, 2.05) is 0 Å². The van der Waals surface area contributed by atoms with Crippen LogP contribution in [0.25, 0.3) is 0 Å². The van der Waals surface area contributed by atoms with Gasteiger partial charge in [0.05, 0.1) is 33.0 Å². The van der Waals surface area contributed by atoms with Gasteiger partial charge in [-0.05, 0) is 23.5 Å². The summed E-state index contributed by atoms with van der Waals surface area (Å²) in [5.74, 6) is 1.12. The maximum Gasteiger partial charge on any atom is 0.0701 e. The van der Waals surface area contributed by atoms with Gasteiger partial charge in [0.15, 0.2) is 0 Å². The Morgan fingerprint density at radius 2 is 1.48 bits per heavy atom. The molecule has 1 rings (SSSR count). The predicted octanol–water partition coefficient (Wildman–Crippen LogP) is 3.67. The van der Waals surface area contributed by atoms with Crippen LogP contribution in [0.3, 0.4) is 0 Å². The van der Waals surface area contributed by atoms with Gasteiger partial charge in [-0.15, -0.1) is 0 Å². The SMILES string of the molecule is COCCOCCOC[C@H](C)c1ccc(CC(C)C)cc1. The Balaban J connectivity index is 2.21. The first-order valence-corrected chi connectivity index (χ1v) is 7.86. The fourth-order valence-corrected chi connectivity index (χ4v) is 2.17. The summed E-state index contributed by atoms with van der Waals surface area (Å²) in [5.41, 5.74) is 2.75. The van der Waals surface area contributed by atoms with Gasteiger partial charge in [-0.2, -0.15) is 0 Å². The van der Waals surface area contributed by atoms with Crippen LogP contribution >= 0.6 is 0 Å². The Hall–Kier alpha value is -0.900. The molecular weight excluding hydrogens is 264 g/mol. The monoisotopic (exact) mass is 294 g/mol. The quantitative estimate of drug-likeness (QED) is 0.583. The van der Waals surface area contributed by atoms with E-state index < -0.39 is 0 Å². The molecule has 0 unspecified atom stereocenters. The molecule has 1 atom stereocenters. The van der Waals surface area contributed by atoms with Gasteiger partial charge < -0.3 is 14.2 Å². The van der Waals surface area contributed by atoms with Crippen LogP contribution in [-0.2, 0) is 20.6 Å². The van der Waals surface area contributed by atoms with Gasteiger partial charge in [0.25, 0.3) is 0 Å². The lowest BCUT2D eigenvalue weighted by Gasteiger charge is -2.14. The molecule has 0 aliphatic rings. The minimum Gasteiger partial charge on any atom is -0.382 e. The Kier molecular flexibility index (Phi) is 9.31. The smallest absolute Gasteiger partial charge is 0.0701 e. The van der Waals surface area contributed by atoms with E-state index in [2.05, 4.69) is 45.0 Å². The average molecular weight is 294 g/mol. The van der Waals surface area contributed by atoms with Crippen molar-refractivity contribution in [3.8, 4) is 0 Å². The molecule has 1 aromatic carbocycles. The van der Waals surface area contributed by atoms with Gasteiger partial charge in [-0.25, -0.2) is 0 Å². The van der Waals surface area contributed by atoms with E-state index in [9.17, 15) is 0 Å². The van der Waals surface area contributed by atoms with Gasteiger partial charge in [0, 0.05) is 13.0 Å². The summed E-state index contributed by atoms with van der Waals surface area (Å²) in [6.45, 7) is 9.97. The third-order valence-corrected chi connectivity index (χ3v) is 3.36. The molecule has 0 aromatic heterocycles. The molecule has 21 heavy (non-hydrogen) atoms. The van der Waals surface area contributed by atoms with Crippen molar-refractivity contribution >= 4 is 0 Å². The highest BCUT2D eigenvalue weighted by molar-refractivity contribution is 5.25. The number of rotatable bonds is 11. The Bertz CT molecular complexity index is 359. The maximum absolute atomic E-state index is 5.66. The summed E-state index contributed by atoms with van der Waals surface area (Å²) in [4.78, 5) is 0. The Morgan fingerprint density at radius 1 is 0.857 bits per heavy atom. The van der Waals surface area contributed by atoms with Crippen LogP contribution in [-0.4, -0.2) is 40.1 Å². The van der Waals surface area contributed by atoms with Crippen LogP contribution in [0.15, 0.2) is 24.3 Å². The van der Waals surface area contributed by atoms with Crippen molar-refractivity contribution in [2.75, 3.05) is 40.1 Å². The van der Waals surface area contributed by atoms with E-state index in [0.29, 0.717) is 38.3 Å². The zero-order valence-corrected chi connectivity index (χ0v) is 13.9. The molecule has 0 amide bonds. The second kappa shape index (κ2) is 10.8. The lowest BCUT2D eigenvalue weighted by Crippen LogP contribution is -2.11. The number of hydrogen-bond donors (Lipinski definition) is 0. The molecule has 120 valence electrons. The first-order valence-electron chi connectivity index (χ1n) is 7.86. The summed E-state index contributed by atoms with van der Waals surface area (Å²) >= 11 is 0. The Morgan fingerprint density at radius 3 is 2.10 bits per heavy atom. The second-order valence-electron chi connectivity index (χ2n) is 5.92. The van der Waals surface area contributed by atoms with E-state index in [1.54, 1.807) is 7.11 Å². The maximum atomic E-state index is 5.66. The molecule has 0 spiro atoms. The second-order valence-corrected chi connectivity index (χ2v) is 5.92. The normalized spacial score (nSPS) is 12.8. The van der Waals surface area contributed by atoms with Gasteiger partial charge in [0.2, 0.25) is 0 Å². The van der Waals surface area contributed by atoms with E-state index >= 15 is 0 Å². The molecule has 3 nitrogen and oxygen atoms in total. The van der Waals surface area contributed by atoms with Crippen LogP contribution in [0, 0.1) is 5.92 Å². The zero-order valence-electron chi connectivity index (χ0n) is 13.9. The minimum atomic E-state index is 0.414. The molecule has 0 heterocycles. The van der Waals surface area contributed by atoms with E-state index in [4.69, 9.17) is 14.2 Å². The predicted molar refractivity (Wildman–Crippen MR) is 86.9 cm³/mol. The average Bonchev–Trinajstić information content (AvgIpc) is 2.46.